The number of para-hydroxylation sites is 2. The first kappa shape index (κ1) is 20.8. The molecule has 1 fully saturated rings. The Bertz CT molecular complexity index is 1180. The molecule has 0 spiro atoms. The maximum absolute atomic E-state index is 12.8. The molecule has 8 heteroatoms. The summed E-state index contributed by atoms with van der Waals surface area (Å²) in [6, 6.07) is 13.8. The number of fused-ring (bicyclic) bond motifs is 2. The first-order valence-corrected chi connectivity index (χ1v) is 11.1. The van der Waals surface area contributed by atoms with Crippen LogP contribution in [0.2, 0.25) is 0 Å². The van der Waals surface area contributed by atoms with Crippen molar-refractivity contribution < 1.29 is 13.9 Å². The molecule has 168 valence electrons. The van der Waals surface area contributed by atoms with Gasteiger partial charge < -0.3 is 19.4 Å². The number of aromatic nitrogens is 1. The van der Waals surface area contributed by atoms with Crippen molar-refractivity contribution in [1.82, 2.24) is 14.8 Å². The van der Waals surface area contributed by atoms with Gasteiger partial charge in [-0.05, 0) is 35.7 Å². The Labute approximate surface area is 186 Å². The minimum absolute atomic E-state index is 0.0527. The molecular formula is C24H28N4O4. The van der Waals surface area contributed by atoms with Crippen molar-refractivity contribution in [3.05, 3.63) is 64.1 Å². The zero-order chi connectivity index (χ0) is 22.1. The van der Waals surface area contributed by atoms with Gasteiger partial charge in [0.15, 0.2) is 5.58 Å². The summed E-state index contributed by atoms with van der Waals surface area (Å²) in [5.74, 6) is -0.730. The normalized spacial score (nSPS) is 17.5. The maximum atomic E-state index is 12.8. The molecule has 2 aliphatic rings. The van der Waals surface area contributed by atoms with Crippen LogP contribution in [0.4, 0.5) is 5.69 Å². The third-order valence-electron chi connectivity index (χ3n) is 6.47. The molecule has 2 aliphatic heterocycles. The van der Waals surface area contributed by atoms with E-state index >= 15 is 0 Å². The lowest BCUT2D eigenvalue weighted by Gasteiger charge is -2.35. The summed E-state index contributed by atoms with van der Waals surface area (Å²) >= 11 is 0. The van der Waals surface area contributed by atoms with Crippen LogP contribution < -0.4 is 16.0 Å². The van der Waals surface area contributed by atoms with Crippen LogP contribution in [0.1, 0.15) is 17.2 Å². The van der Waals surface area contributed by atoms with Crippen LogP contribution in [0, 0.1) is 0 Å². The SMILES string of the molecule is CN1CCc2cc([C@H](CNC(=O)Cn3c(=O)oc4ccccc43)N3CCOCC3)ccc21. The number of rotatable bonds is 6. The molecule has 2 aromatic carbocycles. The van der Waals surface area contributed by atoms with Crippen molar-refractivity contribution in [2.75, 3.05) is 51.3 Å². The van der Waals surface area contributed by atoms with Gasteiger partial charge in [0.1, 0.15) is 6.54 Å². The highest BCUT2D eigenvalue weighted by atomic mass is 16.5. The monoisotopic (exact) mass is 436 g/mol. The van der Waals surface area contributed by atoms with Gasteiger partial charge in [-0.3, -0.25) is 14.3 Å². The summed E-state index contributed by atoms with van der Waals surface area (Å²) in [6.07, 6.45) is 1.04. The number of likely N-dealkylation sites (N-methyl/N-ethyl adjacent to an activating group) is 1. The molecule has 32 heavy (non-hydrogen) atoms. The largest absolute Gasteiger partial charge is 0.420 e. The summed E-state index contributed by atoms with van der Waals surface area (Å²) in [6.45, 7) is 4.46. The minimum atomic E-state index is -0.520. The summed E-state index contributed by atoms with van der Waals surface area (Å²) in [4.78, 5) is 29.6. The predicted octanol–water partition coefficient (Wildman–Crippen LogP) is 1.78. The van der Waals surface area contributed by atoms with Gasteiger partial charge in [0, 0.05) is 38.9 Å². The van der Waals surface area contributed by atoms with Gasteiger partial charge in [-0.2, -0.15) is 0 Å². The number of nitrogens with zero attached hydrogens (tertiary/aromatic N) is 3. The standard InChI is InChI=1S/C24H28N4O4/c1-26-9-8-18-14-17(6-7-19(18)26)21(27-10-12-31-13-11-27)15-25-23(29)16-28-20-4-2-3-5-22(20)32-24(28)30/h2-7,14,21H,8-13,15-16H2,1H3,(H,25,29)/t21-/m0/s1. The lowest BCUT2D eigenvalue weighted by Crippen LogP contribution is -2.44. The molecule has 1 aromatic heterocycles. The fourth-order valence-electron chi connectivity index (χ4n) is 4.71. The van der Waals surface area contributed by atoms with E-state index < -0.39 is 5.76 Å². The average Bonchev–Trinajstić information content (AvgIpc) is 3.34. The Morgan fingerprint density at radius 3 is 2.78 bits per heavy atom. The minimum Gasteiger partial charge on any atom is -0.408 e. The van der Waals surface area contributed by atoms with Gasteiger partial charge in [-0.15, -0.1) is 0 Å². The first-order chi connectivity index (χ1) is 15.6. The molecule has 1 atom stereocenters. The summed E-state index contributed by atoms with van der Waals surface area (Å²) in [7, 11) is 2.12. The van der Waals surface area contributed by atoms with Gasteiger partial charge in [-0.25, -0.2) is 4.79 Å². The molecule has 1 saturated heterocycles. The molecule has 5 rings (SSSR count). The molecule has 0 bridgehead atoms. The second kappa shape index (κ2) is 8.80. The number of ether oxygens (including phenoxy) is 1. The second-order valence-corrected chi connectivity index (χ2v) is 8.45. The molecule has 0 aliphatic carbocycles. The molecule has 0 radical (unpaired) electrons. The number of morpholine rings is 1. The van der Waals surface area contributed by atoms with Crippen molar-refractivity contribution in [1.29, 1.82) is 0 Å². The van der Waals surface area contributed by atoms with Gasteiger partial charge in [0.2, 0.25) is 5.91 Å². The molecule has 3 aromatic rings. The fraction of sp³-hybridized carbons (Fsp3) is 0.417. The number of hydrogen-bond acceptors (Lipinski definition) is 6. The Hall–Kier alpha value is -3.10. The molecule has 1 N–H and O–H groups in total. The molecule has 8 nitrogen and oxygen atoms in total. The van der Waals surface area contributed by atoms with Crippen LogP contribution in [0.15, 0.2) is 51.7 Å². The number of benzene rings is 2. The third-order valence-corrected chi connectivity index (χ3v) is 6.47. The van der Waals surface area contributed by atoms with E-state index in [9.17, 15) is 9.59 Å². The lowest BCUT2D eigenvalue weighted by molar-refractivity contribution is -0.122. The van der Waals surface area contributed by atoms with Crippen LogP contribution in [-0.2, 0) is 22.5 Å². The number of oxazole rings is 1. The first-order valence-electron chi connectivity index (χ1n) is 11.1. The molecule has 0 unspecified atom stereocenters. The van der Waals surface area contributed by atoms with Crippen LogP contribution in [0.5, 0.6) is 0 Å². The Balaban J connectivity index is 1.33. The van der Waals surface area contributed by atoms with E-state index in [4.69, 9.17) is 9.15 Å². The number of anilines is 1. The highest BCUT2D eigenvalue weighted by molar-refractivity contribution is 5.79. The van der Waals surface area contributed by atoms with Gasteiger partial charge in [0.25, 0.3) is 0 Å². The topological polar surface area (TPSA) is 80.0 Å². The van der Waals surface area contributed by atoms with E-state index in [1.807, 2.05) is 6.07 Å². The molecule has 3 heterocycles. The van der Waals surface area contributed by atoms with Crippen LogP contribution >= 0.6 is 0 Å². The van der Waals surface area contributed by atoms with Crippen molar-refractivity contribution in [3.63, 3.8) is 0 Å². The number of nitrogens with one attached hydrogen (secondary N) is 1. The number of amides is 1. The number of carbonyl (C=O) groups excluding carboxylic acids is 1. The van der Waals surface area contributed by atoms with E-state index in [-0.39, 0.29) is 18.5 Å². The van der Waals surface area contributed by atoms with Crippen molar-refractivity contribution in [3.8, 4) is 0 Å². The van der Waals surface area contributed by atoms with E-state index in [0.717, 1.165) is 26.1 Å². The van der Waals surface area contributed by atoms with Crippen LogP contribution in [0.25, 0.3) is 11.1 Å². The summed E-state index contributed by atoms with van der Waals surface area (Å²) in [5, 5.41) is 3.05. The number of carbonyl (C=O) groups is 1. The number of hydrogen-bond donors (Lipinski definition) is 1. The fourth-order valence-corrected chi connectivity index (χ4v) is 4.71. The van der Waals surface area contributed by atoms with Crippen molar-refractivity contribution in [2.24, 2.45) is 0 Å². The van der Waals surface area contributed by atoms with Gasteiger partial charge >= 0.3 is 5.76 Å². The predicted molar refractivity (Wildman–Crippen MR) is 122 cm³/mol. The van der Waals surface area contributed by atoms with E-state index in [1.165, 1.54) is 21.4 Å². The summed E-state index contributed by atoms with van der Waals surface area (Å²) in [5.41, 5.74) is 4.95. The van der Waals surface area contributed by atoms with Gasteiger partial charge in [0.05, 0.1) is 24.8 Å². The van der Waals surface area contributed by atoms with E-state index in [1.54, 1.807) is 18.2 Å². The average molecular weight is 437 g/mol. The van der Waals surface area contributed by atoms with E-state index in [0.29, 0.717) is 30.9 Å². The Morgan fingerprint density at radius 2 is 1.94 bits per heavy atom. The summed E-state index contributed by atoms with van der Waals surface area (Å²) < 4.78 is 12.2. The quantitative estimate of drug-likeness (QED) is 0.635. The lowest BCUT2D eigenvalue weighted by atomic mass is 10.0. The highest BCUT2D eigenvalue weighted by Crippen LogP contribution is 2.31. The van der Waals surface area contributed by atoms with Crippen molar-refractivity contribution in [2.45, 2.75) is 19.0 Å². The third kappa shape index (κ3) is 4.03. The Morgan fingerprint density at radius 1 is 1.12 bits per heavy atom. The second-order valence-electron chi connectivity index (χ2n) is 8.45. The molecule has 0 saturated carbocycles. The molecule has 1 amide bonds. The van der Waals surface area contributed by atoms with E-state index in [2.05, 4.69) is 40.4 Å². The zero-order valence-electron chi connectivity index (χ0n) is 18.3. The zero-order valence-corrected chi connectivity index (χ0v) is 18.3. The van der Waals surface area contributed by atoms with Crippen LogP contribution in [0.3, 0.4) is 0 Å². The Kier molecular flexibility index (Phi) is 5.71. The van der Waals surface area contributed by atoms with Crippen molar-refractivity contribution >= 4 is 22.7 Å². The smallest absolute Gasteiger partial charge is 0.408 e. The highest BCUT2D eigenvalue weighted by Gasteiger charge is 2.25. The van der Waals surface area contributed by atoms with Gasteiger partial charge in [-0.1, -0.05) is 24.3 Å². The molecular weight excluding hydrogens is 408 g/mol. The maximum Gasteiger partial charge on any atom is 0.420 e. The van der Waals surface area contributed by atoms with Crippen LogP contribution in [-0.4, -0.2) is 61.8 Å².